The minimum absolute atomic E-state index is 0.0189. The van der Waals surface area contributed by atoms with Gasteiger partial charge in [-0.15, -0.1) is 0 Å². The van der Waals surface area contributed by atoms with E-state index in [1.165, 1.54) is 17.7 Å². The smallest absolute Gasteiger partial charge is 0.421 e. The molecule has 1 amide bonds. The number of hydrogen-bond donors (Lipinski definition) is 3. The van der Waals surface area contributed by atoms with Crippen LogP contribution in [0.1, 0.15) is 55.5 Å². The van der Waals surface area contributed by atoms with Crippen molar-refractivity contribution in [3.05, 3.63) is 35.4 Å². The van der Waals surface area contributed by atoms with E-state index >= 15 is 4.39 Å². The molecule has 10 nitrogen and oxygen atoms in total. The lowest BCUT2D eigenvalue weighted by atomic mass is 10.0. The number of nitrogens with one attached hydrogen (secondary N) is 3. The largest absolute Gasteiger partial charge is 0.443 e. The van der Waals surface area contributed by atoms with Crippen LogP contribution in [0.2, 0.25) is 0 Å². The van der Waals surface area contributed by atoms with Crippen molar-refractivity contribution in [3.63, 3.8) is 0 Å². The van der Waals surface area contributed by atoms with Crippen molar-refractivity contribution >= 4 is 23.5 Å². The fourth-order valence-electron chi connectivity index (χ4n) is 4.34. The molecule has 3 atom stereocenters. The van der Waals surface area contributed by atoms with Gasteiger partial charge in [-0.3, -0.25) is 9.50 Å². The first-order chi connectivity index (χ1) is 17.1. The van der Waals surface area contributed by atoms with Gasteiger partial charge in [-0.2, -0.15) is 18.3 Å². The standard InChI is InChI=1S/C22H25F4N7O3/c1-21(5-6-21)30-20(34)36-15-4-3-12(17(15)23)14-7-16(32-31-14)29-19-27-8-13(22(24,25)26)18-28-11(10-35-2)9-33(18)19/h7-9,12,15,17H,3-6,10H2,1-2H3,(H,30,34)(H2,27,29,31,32)/t12-,15-,17+/m1/s1. The van der Waals surface area contributed by atoms with E-state index in [4.69, 9.17) is 9.47 Å². The molecule has 14 heteroatoms. The monoisotopic (exact) mass is 511 g/mol. The third kappa shape index (κ3) is 4.81. The number of hydrogen-bond acceptors (Lipinski definition) is 7. The predicted molar refractivity (Wildman–Crippen MR) is 118 cm³/mol. The Kier molecular flexibility index (Phi) is 6.01. The molecule has 0 aromatic carbocycles. The molecule has 2 aliphatic carbocycles. The van der Waals surface area contributed by atoms with Crippen molar-refractivity contribution in [2.45, 2.75) is 69.1 Å². The molecule has 194 valence electrons. The highest BCUT2D eigenvalue weighted by Crippen LogP contribution is 2.40. The Bertz CT molecular complexity index is 1270. The number of carbonyl (C=O) groups is 1. The highest BCUT2D eigenvalue weighted by atomic mass is 19.4. The number of aromatic nitrogens is 5. The molecule has 5 rings (SSSR count). The highest BCUT2D eigenvalue weighted by Gasteiger charge is 2.43. The molecule has 3 N–H and O–H groups in total. The molecule has 36 heavy (non-hydrogen) atoms. The molecule has 2 fully saturated rings. The van der Waals surface area contributed by atoms with Gasteiger partial charge in [0.05, 0.1) is 12.3 Å². The Morgan fingerprint density at radius 1 is 1.33 bits per heavy atom. The van der Waals surface area contributed by atoms with Gasteiger partial charge in [0.1, 0.15) is 17.8 Å². The number of methoxy groups -OCH3 is 1. The number of alkyl carbamates (subject to hydrolysis) is 1. The van der Waals surface area contributed by atoms with Crippen LogP contribution in [-0.2, 0) is 22.3 Å². The van der Waals surface area contributed by atoms with Gasteiger partial charge in [0.25, 0.3) is 0 Å². The van der Waals surface area contributed by atoms with Crippen LogP contribution in [0, 0.1) is 0 Å². The molecule has 0 saturated heterocycles. The summed E-state index contributed by atoms with van der Waals surface area (Å²) in [7, 11) is 1.41. The molecule has 2 aliphatic rings. The van der Waals surface area contributed by atoms with Crippen molar-refractivity contribution in [2.75, 3.05) is 12.4 Å². The van der Waals surface area contributed by atoms with Crippen molar-refractivity contribution in [1.82, 2.24) is 29.9 Å². The van der Waals surface area contributed by atoms with E-state index in [0.29, 0.717) is 30.4 Å². The van der Waals surface area contributed by atoms with E-state index in [0.717, 1.165) is 12.8 Å². The second-order valence-electron chi connectivity index (χ2n) is 9.44. The molecule has 0 bridgehead atoms. The van der Waals surface area contributed by atoms with Gasteiger partial charge >= 0.3 is 12.3 Å². The Hall–Kier alpha value is -3.42. The molecule has 3 aromatic heterocycles. The molecule has 0 spiro atoms. The maximum absolute atomic E-state index is 15.1. The SMILES string of the molecule is COCc1cn2c(Nc3cc([C@H]4CC[C@@H](OC(=O)NC5(C)CC5)[C@H]4F)[nH]n3)ncc(C(F)(F)F)c2n1. The average molecular weight is 511 g/mol. The van der Waals surface area contributed by atoms with Crippen molar-refractivity contribution in [3.8, 4) is 0 Å². The van der Waals surface area contributed by atoms with Crippen LogP contribution in [0.25, 0.3) is 5.65 Å². The van der Waals surface area contributed by atoms with Gasteiger partial charge in [-0.05, 0) is 32.6 Å². The summed E-state index contributed by atoms with van der Waals surface area (Å²) in [5.41, 5.74) is -0.823. The van der Waals surface area contributed by atoms with E-state index in [9.17, 15) is 18.0 Å². The van der Waals surface area contributed by atoms with Crippen LogP contribution in [0.3, 0.4) is 0 Å². The number of nitrogens with zero attached hydrogens (tertiary/aromatic N) is 4. The number of anilines is 2. The summed E-state index contributed by atoms with van der Waals surface area (Å²) >= 11 is 0. The van der Waals surface area contributed by atoms with Gasteiger partial charge in [0, 0.05) is 42.7 Å². The van der Waals surface area contributed by atoms with Crippen LogP contribution in [0.4, 0.5) is 34.1 Å². The number of H-pyrrole nitrogens is 1. The summed E-state index contributed by atoms with van der Waals surface area (Å²) < 4.78 is 66.9. The van der Waals surface area contributed by atoms with Crippen LogP contribution in [-0.4, -0.2) is 55.6 Å². The third-order valence-electron chi connectivity index (χ3n) is 6.54. The molecular formula is C22H25F4N7O3. The fourth-order valence-corrected chi connectivity index (χ4v) is 4.34. The second kappa shape index (κ2) is 8.91. The van der Waals surface area contributed by atoms with Gasteiger partial charge in [0.2, 0.25) is 5.95 Å². The van der Waals surface area contributed by atoms with Crippen LogP contribution >= 0.6 is 0 Å². The van der Waals surface area contributed by atoms with Crippen LogP contribution in [0.5, 0.6) is 0 Å². The minimum atomic E-state index is -4.65. The topological polar surface area (TPSA) is 118 Å². The van der Waals surface area contributed by atoms with Gasteiger partial charge < -0.3 is 20.1 Å². The number of aromatic amines is 1. The number of halogens is 4. The summed E-state index contributed by atoms with van der Waals surface area (Å²) in [5, 5.41) is 12.5. The molecule has 3 aromatic rings. The molecule has 0 aliphatic heterocycles. The van der Waals surface area contributed by atoms with E-state index < -0.39 is 36.0 Å². The minimum Gasteiger partial charge on any atom is -0.443 e. The molecular weight excluding hydrogens is 486 g/mol. The molecule has 0 unspecified atom stereocenters. The number of imidazole rings is 1. The van der Waals surface area contributed by atoms with Crippen LogP contribution in [0.15, 0.2) is 18.5 Å². The Morgan fingerprint density at radius 3 is 2.81 bits per heavy atom. The average Bonchev–Trinajstić information content (AvgIpc) is 3.14. The van der Waals surface area contributed by atoms with Gasteiger partial charge in [0.15, 0.2) is 11.5 Å². The second-order valence-corrected chi connectivity index (χ2v) is 9.44. The lowest BCUT2D eigenvalue weighted by Crippen LogP contribution is -2.38. The summed E-state index contributed by atoms with van der Waals surface area (Å²) in [5.74, 6) is -0.304. The zero-order chi connectivity index (χ0) is 25.7. The van der Waals surface area contributed by atoms with E-state index in [1.54, 1.807) is 6.07 Å². The predicted octanol–water partition coefficient (Wildman–Crippen LogP) is 4.22. The lowest BCUT2D eigenvalue weighted by molar-refractivity contribution is -0.136. The molecule has 3 heterocycles. The Balaban J connectivity index is 1.31. The normalized spacial score (nSPS) is 23.1. The first-order valence-electron chi connectivity index (χ1n) is 11.4. The summed E-state index contributed by atoms with van der Waals surface area (Å²) in [6.45, 7) is 1.92. The maximum Gasteiger partial charge on any atom is 0.421 e. The number of alkyl halides is 4. The number of carbonyl (C=O) groups excluding carboxylic acids is 1. The highest BCUT2D eigenvalue weighted by molar-refractivity contribution is 5.69. The Labute approximate surface area is 202 Å². The van der Waals surface area contributed by atoms with Gasteiger partial charge in [-0.1, -0.05) is 0 Å². The first-order valence-corrected chi connectivity index (χ1v) is 11.4. The number of amides is 1. The van der Waals surface area contributed by atoms with Gasteiger partial charge in [-0.25, -0.2) is 19.2 Å². The number of ether oxygens (including phenoxy) is 2. The fraction of sp³-hybridized carbons (Fsp3) is 0.545. The zero-order valence-electron chi connectivity index (χ0n) is 19.5. The summed E-state index contributed by atoms with van der Waals surface area (Å²) in [6, 6.07) is 1.56. The quantitative estimate of drug-likeness (QED) is 0.407. The van der Waals surface area contributed by atoms with E-state index in [1.807, 2.05) is 6.92 Å². The van der Waals surface area contributed by atoms with E-state index in [-0.39, 0.29) is 29.6 Å². The Morgan fingerprint density at radius 2 is 2.11 bits per heavy atom. The van der Waals surface area contributed by atoms with Crippen molar-refractivity contribution in [1.29, 1.82) is 0 Å². The summed E-state index contributed by atoms with van der Waals surface area (Å²) in [6.07, 6.45) is -2.97. The summed E-state index contributed by atoms with van der Waals surface area (Å²) in [4.78, 5) is 20.0. The lowest BCUT2D eigenvalue weighted by Gasteiger charge is -2.19. The zero-order valence-corrected chi connectivity index (χ0v) is 19.5. The van der Waals surface area contributed by atoms with Crippen molar-refractivity contribution in [2.24, 2.45) is 0 Å². The van der Waals surface area contributed by atoms with Crippen molar-refractivity contribution < 1.29 is 31.8 Å². The third-order valence-corrected chi connectivity index (χ3v) is 6.54. The maximum atomic E-state index is 15.1. The van der Waals surface area contributed by atoms with Crippen LogP contribution < -0.4 is 10.6 Å². The molecule has 0 radical (unpaired) electrons. The number of rotatable bonds is 7. The number of fused-ring (bicyclic) bond motifs is 1. The molecule has 2 saturated carbocycles. The van der Waals surface area contributed by atoms with E-state index in [2.05, 4.69) is 30.8 Å². The first kappa shape index (κ1) is 24.3.